The molecule has 0 unspecified atom stereocenters. The summed E-state index contributed by atoms with van der Waals surface area (Å²) in [5.41, 5.74) is 0. The van der Waals surface area contributed by atoms with Crippen molar-refractivity contribution in [3.8, 4) is 0 Å². The first-order chi connectivity index (χ1) is 32.0. The molecule has 0 aromatic rings. The molecule has 6 heteroatoms. The summed E-state index contributed by atoms with van der Waals surface area (Å²) < 4.78 is 16.8. The van der Waals surface area contributed by atoms with Crippen molar-refractivity contribution in [2.75, 3.05) is 13.2 Å². The Labute approximate surface area is 403 Å². The molecule has 0 fully saturated rings. The van der Waals surface area contributed by atoms with Crippen molar-refractivity contribution in [1.82, 2.24) is 0 Å². The van der Waals surface area contributed by atoms with Gasteiger partial charge in [0, 0.05) is 19.3 Å². The van der Waals surface area contributed by atoms with Crippen molar-refractivity contribution < 1.29 is 28.6 Å². The Morgan fingerprint density at radius 1 is 0.308 bits per heavy atom. The summed E-state index contributed by atoms with van der Waals surface area (Å²) in [6.45, 7) is 6.59. The zero-order valence-corrected chi connectivity index (χ0v) is 43.3. The van der Waals surface area contributed by atoms with Crippen molar-refractivity contribution in [1.29, 1.82) is 0 Å². The van der Waals surface area contributed by atoms with Crippen molar-refractivity contribution in [3.05, 3.63) is 48.6 Å². The lowest BCUT2D eigenvalue weighted by molar-refractivity contribution is -0.167. The molecule has 6 nitrogen and oxygen atoms in total. The number of carbonyl (C=O) groups excluding carboxylic acids is 3. The molecule has 0 saturated heterocycles. The molecule has 0 rings (SSSR count). The van der Waals surface area contributed by atoms with Gasteiger partial charge in [0.2, 0.25) is 0 Å². The van der Waals surface area contributed by atoms with Crippen LogP contribution in [-0.2, 0) is 28.6 Å². The maximum Gasteiger partial charge on any atom is 0.306 e. The molecule has 0 saturated carbocycles. The highest BCUT2D eigenvalue weighted by molar-refractivity contribution is 5.71. The summed E-state index contributed by atoms with van der Waals surface area (Å²) in [6.07, 6.45) is 65.2. The van der Waals surface area contributed by atoms with Gasteiger partial charge in [-0.15, -0.1) is 0 Å². The van der Waals surface area contributed by atoms with E-state index in [0.717, 1.165) is 89.9 Å². The van der Waals surface area contributed by atoms with Crippen LogP contribution in [0.1, 0.15) is 290 Å². The first-order valence-corrected chi connectivity index (χ1v) is 28.1. The largest absolute Gasteiger partial charge is 0.462 e. The number of esters is 3. The maximum absolute atomic E-state index is 12.8. The minimum absolute atomic E-state index is 0.0773. The van der Waals surface area contributed by atoms with E-state index in [1.165, 1.54) is 161 Å². The molecule has 0 aromatic carbocycles. The zero-order chi connectivity index (χ0) is 47.2. The molecular weight excluding hydrogens is 805 g/mol. The summed E-state index contributed by atoms with van der Waals surface area (Å²) in [5, 5.41) is 0. The second-order valence-corrected chi connectivity index (χ2v) is 18.8. The molecule has 65 heavy (non-hydrogen) atoms. The van der Waals surface area contributed by atoms with E-state index in [1.54, 1.807) is 0 Å². The molecule has 0 spiro atoms. The van der Waals surface area contributed by atoms with Crippen LogP contribution in [0.4, 0.5) is 0 Å². The quantitative estimate of drug-likeness (QED) is 0.0262. The lowest BCUT2D eigenvalue weighted by Gasteiger charge is -2.18. The zero-order valence-electron chi connectivity index (χ0n) is 43.3. The average Bonchev–Trinajstić information content (AvgIpc) is 3.30. The molecule has 0 aliphatic carbocycles. The third-order valence-corrected chi connectivity index (χ3v) is 12.3. The molecular formula is C59H106O6. The highest BCUT2D eigenvalue weighted by Crippen LogP contribution is 2.16. The van der Waals surface area contributed by atoms with Crippen LogP contribution in [0.25, 0.3) is 0 Å². The normalized spacial score (nSPS) is 12.4. The first-order valence-electron chi connectivity index (χ1n) is 28.1. The molecule has 0 bridgehead atoms. The van der Waals surface area contributed by atoms with E-state index in [1.807, 2.05) is 0 Å². The second kappa shape index (κ2) is 54.0. The van der Waals surface area contributed by atoms with Crippen LogP contribution in [0.2, 0.25) is 0 Å². The molecule has 0 aliphatic rings. The molecule has 0 heterocycles. The fraction of sp³-hybridized carbons (Fsp3) is 0.814. The highest BCUT2D eigenvalue weighted by Gasteiger charge is 2.19. The Bertz CT molecular complexity index is 1140. The number of carbonyl (C=O) groups is 3. The summed E-state index contributed by atoms with van der Waals surface area (Å²) in [7, 11) is 0. The van der Waals surface area contributed by atoms with E-state index < -0.39 is 6.10 Å². The monoisotopic (exact) mass is 911 g/mol. The van der Waals surface area contributed by atoms with E-state index in [0.29, 0.717) is 19.3 Å². The van der Waals surface area contributed by atoms with Gasteiger partial charge in [0.1, 0.15) is 13.2 Å². The molecule has 0 amide bonds. The van der Waals surface area contributed by atoms with E-state index >= 15 is 0 Å². The standard InChI is InChI=1S/C59H106O6/c1-4-7-10-13-16-19-22-25-28-29-30-31-32-35-37-40-43-46-49-52-58(61)64-55-56(65-59(62)53-50-47-44-41-38-34-27-24-21-18-15-12-9-6-3)54-63-57(60)51-48-45-42-39-36-33-26-23-20-17-14-11-8-5-2/h15-16,18-19,24-25,27-28,56H,4-14,17,20-23,26,29-55H2,1-3H3/b18-15+,19-16+,27-24+,28-25+/t56-/m1/s1. The number of hydrogen-bond donors (Lipinski definition) is 0. The van der Waals surface area contributed by atoms with Gasteiger partial charge < -0.3 is 14.2 Å². The van der Waals surface area contributed by atoms with E-state index in [2.05, 4.69) is 69.4 Å². The molecule has 378 valence electrons. The van der Waals surface area contributed by atoms with Crippen LogP contribution in [-0.4, -0.2) is 37.2 Å². The van der Waals surface area contributed by atoms with Gasteiger partial charge in [0.05, 0.1) is 0 Å². The third-order valence-electron chi connectivity index (χ3n) is 12.3. The van der Waals surface area contributed by atoms with Crippen LogP contribution in [0.15, 0.2) is 48.6 Å². The predicted molar refractivity (Wildman–Crippen MR) is 279 cm³/mol. The van der Waals surface area contributed by atoms with E-state index in [4.69, 9.17) is 14.2 Å². The lowest BCUT2D eigenvalue weighted by atomic mass is 10.0. The van der Waals surface area contributed by atoms with Gasteiger partial charge in [-0.1, -0.05) is 243 Å². The SMILES string of the molecule is CCCC/C=C/C/C=C/CCCCCCCC(=O)O[C@@H](COC(=O)CCCCCCCCCCC/C=C/C/C=C/CCCCC)COC(=O)CCCCCCCCCCCCCCCC. The van der Waals surface area contributed by atoms with Crippen molar-refractivity contribution in [2.24, 2.45) is 0 Å². The van der Waals surface area contributed by atoms with Gasteiger partial charge in [0.15, 0.2) is 6.10 Å². The van der Waals surface area contributed by atoms with Crippen LogP contribution >= 0.6 is 0 Å². The van der Waals surface area contributed by atoms with E-state index in [-0.39, 0.29) is 31.1 Å². The van der Waals surface area contributed by atoms with Crippen molar-refractivity contribution in [3.63, 3.8) is 0 Å². The predicted octanol–water partition coefficient (Wildman–Crippen LogP) is 18.7. The van der Waals surface area contributed by atoms with Gasteiger partial charge in [-0.25, -0.2) is 0 Å². The minimum atomic E-state index is -0.779. The maximum atomic E-state index is 12.8. The van der Waals surface area contributed by atoms with Gasteiger partial charge in [-0.3, -0.25) is 14.4 Å². The summed E-state index contributed by atoms with van der Waals surface area (Å²) in [5.74, 6) is -0.883. The molecule has 0 aromatic heterocycles. The Kier molecular flexibility index (Phi) is 51.8. The topological polar surface area (TPSA) is 78.9 Å². The van der Waals surface area contributed by atoms with Crippen molar-refractivity contribution >= 4 is 17.9 Å². The van der Waals surface area contributed by atoms with Gasteiger partial charge in [0.25, 0.3) is 0 Å². The highest BCUT2D eigenvalue weighted by atomic mass is 16.6. The third kappa shape index (κ3) is 52.2. The summed E-state index contributed by atoms with van der Waals surface area (Å²) >= 11 is 0. The summed E-state index contributed by atoms with van der Waals surface area (Å²) in [6, 6.07) is 0. The summed E-state index contributed by atoms with van der Waals surface area (Å²) in [4.78, 5) is 38.1. The number of ether oxygens (including phenoxy) is 3. The number of rotatable bonds is 51. The van der Waals surface area contributed by atoms with E-state index in [9.17, 15) is 14.4 Å². The fourth-order valence-electron chi connectivity index (χ4n) is 8.02. The first kappa shape index (κ1) is 62.4. The Balaban J connectivity index is 4.35. The average molecular weight is 911 g/mol. The number of allylic oxidation sites excluding steroid dienone is 8. The lowest BCUT2D eigenvalue weighted by Crippen LogP contribution is -2.30. The van der Waals surface area contributed by atoms with Crippen LogP contribution in [0.3, 0.4) is 0 Å². The molecule has 0 N–H and O–H groups in total. The Morgan fingerprint density at radius 3 is 0.923 bits per heavy atom. The van der Waals surface area contributed by atoms with Gasteiger partial charge in [-0.05, 0) is 77.0 Å². The second-order valence-electron chi connectivity index (χ2n) is 18.8. The van der Waals surface area contributed by atoms with Gasteiger partial charge in [-0.2, -0.15) is 0 Å². The fourth-order valence-corrected chi connectivity index (χ4v) is 8.02. The van der Waals surface area contributed by atoms with Crippen LogP contribution in [0, 0.1) is 0 Å². The Morgan fingerprint density at radius 2 is 0.569 bits per heavy atom. The molecule has 0 aliphatic heterocycles. The Hall–Kier alpha value is -2.63. The van der Waals surface area contributed by atoms with Crippen molar-refractivity contribution in [2.45, 2.75) is 297 Å². The van der Waals surface area contributed by atoms with Crippen LogP contribution < -0.4 is 0 Å². The smallest absolute Gasteiger partial charge is 0.306 e. The van der Waals surface area contributed by atoms with Gasteiger partial charge >= 0.3 is 17.9 Å². The molecule has 0 radical (unpaired) electrons. The van der Waals surface area contributed by atoms with Crippen LogP contribution in [0.5, 0.6) is 0 Å². The molecule has 1 atom stereocenters. The number of hydrogen-bond acceptors (Lipinski definition) is 6. The number of unbranched alkanes of at least 4 members (excludes halogenated alkanes) is 32. The minimum Gasteiger partial charge on any atom is -0.462 e.